The Morgan fingerprint density at radius 1 is 0.880 bits per heavy atom. The molecular formula is C39H34N4O7. The van der Waals surface area contributed by atoms with Gasteiger partial charge in [-0.3, -0.25) is 19.8 Å². The summed E-state index contributed by atoms with van der Waals surface area (Å²) < 4.78 is 11.2. The molecule has 50 heavy (non-hydrogen) atoms. The molecule has 1 aromatic heterocycles. The number of para-hydroxylation sites is 1. The lowest BCUT2D eigenvalue weighted by Crippen LogP contribution is -2.57. The average Bonchev–Trinajstić information content (AvgIpc) is 3.87. The third-order valence-electron chi connectivity index (χ3n) is 10.4. The molecule has 8 rings (SSSR count). The van der Waals surface area contributed by atoms with Crippen molar-refractivity contribution in [1.29, 1.82) is 0 Å². The van der Waals surface area contributed by atoms with Crippen LogP contribution in [-0.2, 0) is 25.5 Å². The van der Waals surface area contributed by atoms with Crippen molar-refractivity contribution in [3.05, 3.63) is 135 Å². The van der Waals surface area contributed by atoms with E-state index in [0.717, 1.165) is 38.7 Å². The number of nitrogens with zero attached hydrogens (tertiary/aromatic N) is 3. The number of H-pyrrole nitrogens is 1. The summed E-state index contributed by atoms with van der Waals surface area (Å²) in [5, 5.41) is 12.4. The minimum Gasteiger partial charge on any atom is -0.467 e. The van der Waals surface area contributed by atoms with Gasteiger partial charge >= 0.3 is 12.1 Å². The van der Waals surface area contributed by atoms with Crippen molar-refractivity contribution in [1.82, 2.24) is 14.8 Å². The molecule has 3 heterocycles. The molecule has 11 heteroatoms. The van der Waals surface area contributed by atoms with Gasteiger partial charge in [-0.25, -0.2) is 9.59 Å². The number of rotatable bonds is 6. The van der Waals surface area contributed by atoms with E-state index in [1.54, 1.807) is 12.1 Å². The zero-order valence-electron chi connectivity index (χ0n) is 27.3. The topological polar surface area (TPSA) is 135 Å². The van der Waals surface area contributed by atoms with E-state index in [1.807, 2.05) is 48.5 Å². The van der Waals surface area contributed by atoms with Crippen molar-refractivity contribution in [2.45, 2.75) is 43.3 Å². The summed E-state index contributed by atoms with van der Waals surface area (Å²) in [6, 6.07) is 27.2. The number of amides is 2. The maximum Gasteiger partial charge on any atom is 0.410 e. The zero-order chi connectivity index (χ0) is 34.5. The number of methoxy groups -OCH3 is 1. The Morgan fingerprint density at radius 3 is 2.22 bits per heavy atom. The summed E-state index contributed by atoms with van der Waals surface area (Å²) in [5.41, 5.74) is 7.30. The maximum absolute atomic E-state index is 14.9. The van der Waals surface area contributed by atoms with E-state index in [-0.39, 0.29) is 24.6 Å². The number of hydrogen-bond acceptors (Lipinski definition) is 7. The van der Waals surface area contributed by atoms with Crippen LogP contribution in [0.25, 0.3) is 22.0 Å². The number of nitrogens with one attached hydrogen (secondary N) is 1. The van der Waals surface area contributed by atoms with Gasteiger partial charge in [0.2, 0.25) is 5.91 Å². The van der Waals surface area contributed by atoms with Gasteiger partial charge in [-0.05, 0) is 64.4 Å². The van der Waals surface area contributed by atoms with Crippen molar-refractivity contribution in [3.8, 4) is 11.1 Å². The van der Waals surface area contributed by atoms with Crippen LogP contribution < -0.4 is 0 Å². The fourth-order valence-corrected chi connectivity index (χ4v) is 8.10. The number of hydrogen-bond donors (Lipinski definition) is 1. The minimum absolute atomic E-state index is 0.0963. The molecule has 0 saturated carbocycles. The number of carbonyl (C=O) groups is 3. The molecule has 252 valence electrons. The molecule has 3 aliphatic rings. The number of aromatic nitrogens is 1. The Labute approximate surface area is 287 Å². The van der Waals surface area contributed by atoms with Crippen LogP contribution in [0.1, 0.15) is 52.7 Å². The van der Waals surface area contributed by atoms with Gasteiger partial charge in [-0.1, -0.05) is 66.7 Å². The van der Waals surface area contributed by atoms with E-state index < -0.39 is 41.0 Å². The predicted octanol–water partition coefficient (Wildman–Crippen LogP) is 6.51. The van der Waals surface area contributed by atoms with Gasteiger partial charge in [0.25, 0.3) is 5.69 Å². The van der Waals surface area contributed by atoms with Crippen molar-refractivity contribution >= 4 is 34.6 Å². The Kier molecular flexibility index (Phi) is 7.82. The lowest BCUT2D eigenvalue weighted by Gasteiger charge is -2.43. The molecule has 1 N–H and O–H groups in total. The number of ether oxygens (including phenoxy) is 2. The van der Waals surface area contributed by atoms with Crippen LogP contribution in [0.2, 0.25) is 0 Å². The molecule has 0 radical (unpaired) electrons. The molecule has 1 aliphatic carbocycles. The lowest BCUT2D eigenvalue weighted by molar-refractivity contribution is -0.384. The monoisotopic (exact) mass is 670 g/mol. The first-order valence-corrected chi connectivity index (χ1v) is 16.7. The van der Waals surface area contributed by atoms with Crippen LogP contribution in [0.3, 0.4) is 0 Å². The highest BCUT2D eigenvalue weighted by Gasteiger charge is 2.48. The summed E-state index contributed by atoms with van der Waals surface area (Å²) >= 11 is 0. The molecule has 1 fully saturated rings. The lowest BCUT2D eigenvalue weighted by atomic mass is 9.87. The molecule has 2 aliphatic heterocycles. The minimum atomic E-state index is -1.01. The fourth-order valence-electron chi connectivity index (χ4n) is 8.10. The molecule has 1 saturated heterocycles. The van der Waals surface area contributed by atoms with Gasteiger partial charge in [0.05, 0.1) is 18.1 Å². The maximum atomic E-state index is 14.9. The van der Waals surface area contributed by atoms with Crippen LogP contribution in [-0.4, -0.2) is 70.0 Å². The van der Waals surface area contributed by atoms with Crippen LogP contribution in [0, 0.1) is 10.1 Å². The van der Waals surface area contributed by atoms with Crippen molar-refractivity contribution in [2.75, 3.05) is 20.3 Å². The van der Waals surface area contributed by atoms with Gasteiger partial charge in [0.15, 0.2) is 0 Å². The highest BCUT2D eigenvalue weighted by atomic mass is 16.6. The number of aromatic amines is 1. The zero-order valence-corrected chi connectivity index (χ0v) is 27.3. The normalized spacial score (nSPS) is 19.5. The Hall–Kier alpha value is -5.97. The number of non-ortho nitro benzene ring substituents is 1. The van der Waals surface area contributed by atoms with Crippen LogP contribution >= 0.6 is 0 Å². The number of nitro groups is 1. The van der Waals surface area contributed by atoms with E-state index in [4.69, 9.17) is 9.47 Å². The first-order valence-electron chi connectivity index (χ1n) is 16.7. The Balaban J connectivity index is 1.13. The third kappa shape index (κ3) is 5.08. The van der Waals surface area contributed by atoms with Gasteiger partial charge in [-0.2, -0.15) is 0 Å². The molecule has 2 amide bonds. The van der Waals surface area contributed by atoms with E-state index in [0.29, 0.717) is 30.6 Å². The standard InChI is InChI=1S/C39H34N4O7/c1-49-38(45)34-21-30-29-13-6-7-14-32(29)40-35(30)36(23-16-18-24(19-17-23)43(47)48)42(34)37(44)33-15-8-20-41(33)39(46)50-22-31-27-11-4-2-9-25(27)26-10-3-5-12-28(26)31/h2-7,9-14,16-19,31,33-34,36,40H,8,15,20-22H2,1H3/t33-,34-,36+/m0/s1. The van der Waals surface area contributed by atoms with Crippen molar-refractivity contribution < 1.29 is 28.8 Å². The highest BCUT2D eigenvalue weighted by molar-refractivity contribution is 5.94. The van der Waals surface area contributed by atoms with Gasteiger partial charge < -0.3 is 19.4 Å². The quantitative estimate of drug-likeness (QED) is 0.124. The first-order chi connectivity index (χ1) is 24.4. The predicted molar refractivity (Wildman–Crippen MR) is 184 cm³/mol. The van der Waals surface area contributed by atoms with E-state index in [2.05, 4.69) is 29.2 Å². The second kappa shape index (κ2) is 12.5. The second-order valence-corrected chi connectivity index (χ2v) is 13.0. The molecule has 0 spiro atoms. The highest BCUT2D eigenvalue weighted by Crippen LogP contribution is 2.45. The fraction of sp³-hybridized carbons (Fsp3) is 0.256. The van der Waals surface area contributed by atoms with E-state index >= 15 is 0 Å². The van der Waals surface area contributed by atoms with Crippen LogP contribution in [0.15, 0.2) is 97.1 Å². The van der Waals surface area contributed by atoms with Gasteiger partial charge in [0, 0.05) is 47.6 Å². The molecule has 5 aromatic rings. The number of likely N-dealkylation sites (tertiary alicyclic amines) is 1. The third-order valence-corrected chi connectivity index (χ3v) is 10.4. The molecule has 4 aromatic carbocycles. The first kappa shape index (κ1) is 31.3. The van der Waals surface area contributed by atoms with E-state index in [9.17, 15) is 24.5 Å². The summed E-state index contributed by atoms with van der Waals surface area (Å²) in [6.07, 6.45) is 0.572. The Bertz CT molecular complexity index is 2110. The summed E-state index contributed by atoms with van der Waals surface area (Å²) in [4.78, 5) is 59.7. The van der Waals surface area contributed by atoms with Crippen LogP contribution in [0.4, 0.5) is 10.5 Å². The molecule has 0 unspecified atom stereocenters. The number of fused-ring (bicyclic) bond motifs is 6. The molecular weight excluding hydrogens is 636 g/mol. The summed E-state index contributed by atoms with van der Waals surface area (Å²) in [6.45, 7) is 0.437. The van der Waals surface area contributed by atoms with Crippen molar-refractivity contribution in [3.63, 3.8) is 0 Å². The number of benzene rings is 4. The SMILES string of the molecule is COC(=O)[C@@H]1Cc2c([nH]c3ccccc23)[C@@H](c2ccc([N+](=O)[O-])cc2)N1C(=O)[C@@H]1CCCN1C(=O)OCC1c2ccccc2-c2ccccc21. The molecule has 0 bridgehead atoms. The van der Waals surface area contributed by atoms with E-state index in [1.165, 1.54) is 29.0 Å². The van der Waals surface area contributed by atoms with Crippen molar-refractivity contribution in [2.24, 2.45) is 0 Å². The largest absolute Gasteiger partial charge is 0.467 e. The summed E-state index contributed by atoms with van der Waals surface area (Å²) in [7, 11) is 1.29. The average molecular weight is 671 g/mol. The smallest absolute Gasteiger partial charge is 0.410 e. The molecule has 3 atom stereocenters. The van der Waals surface area contributed by atoms with Gasteiger partial charge in [-0.15, -0.1) is 0 Å². The number of esters is 1. The second-order valence-electron chi connectivity index (χ2n) is 13.0. The Morgan fingerprint density at radius 2 is 1.54 bits per heavy atom. The van der Waals surface area contributed by atoms with Gasteiger partial charge in [0.1, 0.15) is 18.7 Å². The number of nitro benzene ring substituents is 1. The molecule has 11 nitrogen and oxygen atoms in total. The summed E-state index contributed by atoms with van der Waals surface area (Å²) in [5.74, 6) is -1.15. The van der Waals surface area contributed by atoms with Crippen LogP contribution in [0.5, 0.6) is 0 Å². The number of carbonyl (C=O) groups excluding carboxylic acids is 3.